The zero-order chi connectivity index (χ0) is 22.5. The van der Waals surface area contributed by atoms with Crippen molar-refractivity contribution >= 4 is 39.9 Å². The third-order valence-electron chi connectivity index (χ3n) is 5.58. The lowest BCUT2D eigenvalue weighted by atomic mass is 10.1. The van der Waals surface area contributed by atoms with Crippen molar-refractivity contribution in [2.75, 3.05) is 12.0 Å². The van der Waals surface area contributed by atoms with Crippen molar-refractivity contribution in [2.24, 2.45) is 4.99 Å². The van der Waals surface area contributed by atoms with Gasteiger partial charge >= 0.3 is 0 Å². The van der Waals surface area contributed by atoms with Gasteiger partial charge in [0.25, 0.3) is 0 Å². The monoisotopic (exact) mass is 492 g/mol. The number of nitrogens with zero attached hydrogens (tertiary/aromatic N) is 2. The Morgan fingerprint density at radius 3 is 2.69 bits per heavy atom. The van der Waals surface area contributed by atoms with Crippen molar-refractivity contribution < 1.29 is 14.3 Å². The number of carbonyl (C=O) groups excluding carboxylic acids is 1. The number of benzene rings is 3. The van der Waals surface area contributed by atoms with Gasteiger partial charge in [-0.05, 0) is 41.3 Å². The van der Waals surface area contributed by atoms with Crippen LogP contribution in [0.15, 0.2) is 65.7 Å². The Morgan fingerprint density at radius 2 is 1.91 bits per heavy atom. The number of ether oxygens (including phenoxy) is 2. The molecule has 0 bridgehead atoms. The minimum absolute atomic E-state index is 0.109. The van der Waals surface area contributed by atoms with Gasteiger partial charge in [-0.15, -0.1) is 0 Å². The van der Waals surface area contributed by atoms with Crippen LogP contribution in [0.4, 0.5) is 11.4 Å². The number of hydrogen-bond donors (Lipinski definition) is 0. The molecule has 1 aliphatic rings. The second kappa shape index (κ2) is 10.0. The van der Waals surface area contributed by atoms with E-state index in [1.54, 1.807) is 12.0 Å². The highest BCUT2D eigenvalue weighted by molar-refractivity contribution is 9.08. The molecule has 0 fully saturated rings. The highest BCUT2D eigenvalue weighted by Gasteiger charge is 2.27. The molecule has 0 saturated carbocycles. The van der Waals surface area contributed by atoms with Crippen LogP contribution >= 0.6 is 15.9 Å². The molecule has 6 heteroatoms. The Bertz CT molecular complexity index is 1150. The number of aliphatic imine (C=N–C) groups is 1. The fraction of sp³-hybridized carbons (Fsp3) is 0.231. The number of hydrogen-bond acceptors (Lipinski definition) is 4. The molecule has 0 aromatic heterocycles. The van der Waals surface area contributed by atoms with Crippen molar-refractivity contribution in [2.45, 2.75) is 31.3 Å². The normalized spacial score (nSPS) is 15.1. The highest BCUT2D eigenvalue weighted by atomic mass is 79.9. The Balaban J connectivity index is 1.55. The molecule has 0 saturated heterocycles. The van der Waals surface area contributed by atoms with Gasteiger partial charge in [-0.1, -0.05) is 58.4 Å². The Labute approximate surface area is 196 Å². The van der Waals surface area contributed by atoms with Crippen LogP contribution in [0.5, 0.6) is 11.5 Å². The molecule has 5 nitrogen and oxygen atoms in total. The lowest BCUT2D eigenvalue weighted by Gasteiger charge is -2.17. The summed E-state index contributed by atoms with van der Waals surface area (Å²) >= 11 is 3.49. The Morgan fingerprint density at radius 1 is 1.09 bits per heavy atom. The summed E-state index contributed by atoms with van der Waals surface area (Å²) in [5.74, 6) is 1.30. The van der Waals surface area contributed by atoms with Crippen molar-refractivity contribution in [3.05, 3.63) is 82.9 Å². The molecular weight excluding hydrogens is 468 g/mol. The Kier molecular flexibility index (Phi) is 6.90. The van der Waals surface area contributed by atoms with Crippen molar-refractivity contribution in [3.63, 3.8) is 0 Å². The number of alkyl halides is 1. The summed E-state index contributed by atoms with van der Waals surface area (Å²) in [7, 11) is 1.63. The number of fused-ring (bicyclic) bond motifs is 1. The van der Waals surface area contributed by atoms with Gasteiger partial charge < -0.3 is 14.4 Å². The number of methoxy groups -OCH3 is 1. The van der Waals surface area contributed by atoms with E-state index in [0.717, 1.165) is 46.2 Å². The molecule has 1 amide bonds. The average molecular weight is 493 g/mol. The molecule has 3 aromatic carbocycles. The van der Waals surface area contributed by atoms with Crippen LogP contribution in [0.3, 0.4) is 0 Å². The van der Waals surface area contributed by atoms with Gasteiger partial charge in [0.15, 0.2) is 11.5 Å². The van der Waals surface area contributed by atoms with Crippen LogP contribution in [0, 0.1) is 6.92 Å². The number of carbonyl (C=O) groups is 1. The summed E-state index contributed by atoms with van der Waals surface area (Å²) in [4.78, 5) is 18.1. The van der Waals surface area contributed by atoms with Gasteiger partial charge in [-0.25, -0.2) is 0 Å². The number of aryl methyl sites for hydroxylation is 1. The van der Waals surface area contributed by atoms with Gasteiger partial charge in [0.2, 0.25) is 6.41 Å². The van der Waals surface area contributed by atoms with Crippen LogP contribution in [0.1, 0.15) is 22.3 Å². The van der Waals surface area contributed by atoms with Crippen LogP contribution in [-0.2, 0) is 23.2 Å². The zero-order valence-corrected chi connectivity index (χ0v) is 19.7. The van der Waals surface area contributed by atoms with Crippen LogP contribution in [-0.4, -0.2) is 25.8 Å². The smallest absolute Gasteiger partial charge is 0.214 e. The molecular formula is C26H25BrN2O3. The van der Waals surface area contributed by atoms with E-state index >= 15 is 0 Å². The van der Waals surface area contributed by atoms with Gasteiger partial charge in [0.1, 0.15) is 6.61 Å². The largest absolute Gasteiger partial charge is 0.493 e. The summed E-state index contributed by atoms with van der Waals surface area (Å²) in [6.07, 6.45) is 3.46. The average Bonchev–Trinajstić information content (AvgIpc) is 3.19. The standard InChI is InChI=1S/C26H25BrN2O3/c1-18-10-25(31-2)26(32-16-20-7-5-6-19(11-20)14-27)13-23(18)28-15-22-12-21-8-3-4-9-24(21)29(22)17-30/h3-11,13,15,17,22H,12,14,16H2,1-2H3. The number of anilines is 1. The SMILES string of the molecule is COc1cc(C)c(N=CC2Cc3ccccc3N2C=O)cc1OCc1cccc(CBr)c1. The predicted molar refractivity (Wildman–Crippen MR) is 132 cm³/mol. The second-order valence-corrected chi connectivity index (χ2v) is 8.28. The van der Waals surface area contributed by atoms with E-state index in [1.807, 2.05) is 55.6 Å². The van der Waals surface area contributed by atoms with Crippen LogP contribution in [0.2, 0.25) is 0 Å². The molecule has 1 aliphatic heterocycles. The maximum Gasteiger partial charge on any atom is 0.214 e. The molecule has 3 aromatic rings. The predicted octanol–water partition coefficient (Wildman–Crippen LogP) is 5.77. The molecule has 4 rings (SSSR count). The van der Waals surface area contributed by atoms with Gasteiger partial charge in [-0.2, -0.15) is 0 Å². The molecule has 0 spiro atoms. The molecule has 0 aliphatic carbocycles. The first kappa shape index (κ1) is 22.1. The molecule has 1 heterocycles. The molecule has 1 atom stereocenters. The lowest BCUT2D eigenvalue weighted by molar-refractivity contribution is -0.107. The second-order valence-electron chi connectivity index (χ2n) is 7.72. The van der Waals surface area contributed by atoms with E-state index in [-0.39, 0.29) is 6.04 Å². The molecule has 0 N–H and O–H groups in total. The van der Waals surface area contributed by atoms with Crippen molar-refractivity contribution in [3.8, 4) is 11.5 Å². The van der Waals surface area contributed by atoms with Gasteiger partial charge in [0, 0.05) is 29.7 Å². The van der Waals surface area contributed by atoms with E-state index in [0.29, 0.717) is 18.1 Å². The summed E-state index contributed by atoms with van der Waals surface area (Å²) in [5.41, 5.74) is 6.14. The number of para-hydroxylation sites is 1. The van der Waals surface area contributed by atoms with E-state index in [1.165, 1.54) is 5.56 Å². The quantitative estimate of drug-likeness (QED) is 0.228. The minimum atomic E-state index is -0.109. The topological polar surface area (TPSA) is 51.1 Å². The first-order valence-corrected chi connectivity index (χ1v) is 11.6. The van der Waals surface area contributed by atoms with Gasteiger partial charge in [-0.3, -0.25) is 9.79 Å². The summed E-state index contributed by atoms with van der Waals surface area (Å²) in [6, 6.07) is 19.9. The molecule has 164 valence electrons. The lowest BCUT2D eigenvalue weighted by Crippen LogP contribution is -2.31. The molecule has 32 heavy (non-hydrogen) atoms. The zero-order valence-electron chi connectivity index (χ0n) is 18.1. The highest BCUT2D eigenvalue weighted by Crippen LogP contribution is 2.36. The fourth-order valence-corrected chi connectivity index (χ4v) is 4.24. The van der Waals surface area contributed by atoms with Crippen molar-refractivity contribution in [1.82, 2.24) is 0 Å². The van der Waals surface area contributed by atoms with Crippen LogP contribution in [0.25, 0.3) is 0 Å². The number of rotatable bonds is 8. The van der Waals surface area contributed by atoms with E-state index < -0.39 is 0 Å². The van der Waals surface area contributed by atoms with E-state index in [4.69, 9.17) is 14.5 Å². The van der Waals surface area contributed by atoms with E-state index in [2.05, 4.69) is 34.1 Å². The Hall–Kier alpha value is -3.12. The first-order valence-electron chi connectivity index (χ1n) is 10.4. The number of halogens is 1. The van der Waals surface area contributed by atoms with Gasteiger partial charge in [0.05, 0.1) is 18.8 Å². The third kappa shape index (κ3) is 4.70. The maximum atomic E-state index is 11.7. The summed E-state index contributed by atoms with van der Waals surface area (Å²) in [5, 5.41) is 0.802. The molecule has 1 unspecified atom stereocenters. The first-order chi connectivity index (χ1) is 15.6. The number of amides is 1. The fourth-order valence-electron chi connectivity index (χ4n) is 3.89. The van der Waals surface area contributed by atoms with E-state index in [9.17, 15) is 4.79 Å². The maximum absolute atomic E-state index is 11.7. The third-order valence-corrected chi connectivity index (χ3v) is 6.23. The summed E-state index contributed by atoms with van der Waals surface area (Å²) in [6.45, 7) is 2.42. The van der Waals surface area contributed by atoms with Crippen LogP contribution < -0.4 is 14.4 Å². The molecule has 0 radical (unpaired) electrons. The minimum Gasteiger partial charge on any atom is -0.493 e. The van der Waals surface area contributed by atoms with Crippen molar-refractivity contribution in [1.29, 1.82) is 0 Å². The summed E-state index contributed by atoms with van der Waals surface area (Å²) < 4.78 is 11.6.